The van der Waals surface area contributed by atoms with Gasteiger partial charge in [-0.3, -0.25) is 9.59 Å². The summed E-state index contributed by atoms with van der Waals surface area (Å²) < 4.78 is 10.4. The lowest BCUT2D eigenvalue weighted by Crippen LogP contribution is -2.36. The van der Waals surface area contributed by atoms with Crippen LogP contribution in [0.15, 0.2) is 18.2 Å². The molecule has 0 aliphatic rings. The average Bonchev–Trinajstić information content (AvgIpc) is 2.45. The maximum Gasteiger partial charge on any atom is 0.320 e. The molecule has 0 saturated heterocycles. The van der Waals surface area contributed by atoms with Crippen molar-refractivity contribution in [3.63, 3.8) is 0 Å². The molecular weight excluding hydrogens is 278 g/mol. The molecule has 1 aromatic carbocycles. The van der Waals surface area contributed by atoms with Gasteiger partial charge in [-0.25, -0.2) is 0 Å². The third-order valence-corrected chi connectivity index (χ3v) is 2.97. The maximum atomic E-state index is 11.1. The van der Waals surface area contributed by atoms with Crippen LogP contribution in [0, 0.1) is 0 Å². The minimum absolute atomic E-state index is 0.0109. The first-order valence-corrected chi connectivity index (χ1v) is 6.37. The number of hydrogen-bond donors (Lipinski definition) is 3. The Morgan fingerprint density at radius 1 is 1.24 bits per heavy atom. The number of ether oxygens (including phenoxy) is 2. The number of hydrogen-bond acceptors (Lipinski definition) is 5. The fraction of sp³-hybridized carbons (Fsp3) is 0.429. The van der Waals surface area contributed by atoms with Crippen molar-refractivity contribution in [3.8, 4) is 11.5 Å². The van der Waals surface area contributed by atoms with Gasteiger partial charge in [0.15, 0.2) is 11.5 Å². The lowest BCUT2D eigenvalue weighted by atomic mass is 10.1. The van der Waals surface area contributed by atoms with E-state index < -0.39 is 18.0 Å². The van der Waals surface area contributed by atoms with Crippen molar-refractivity contribution in [2.24, 2.45) is 0 Å². The predicted molar refractivity (Wildman–Crippen MR) is 74.7 cm³/mol. The zero-order chi connectivity index (χ0) is 15.8. The molecule has 0 bridgehead atoms. The van der Waals surface area contributed by atoms with Crippen LogP contribution < -0.4 is 14.8 Å². The molecular formula is C14H19NO6. The van der Waals surface area contributed by atoms with Crippen molar-refractivity contribution >= 4 is 11.9 Å². The normalized spacial score (nSPS) is 11.7. The summed E-state index contributed by atoms with van der Waals surface area (Å²) in [5.41, 5.74) is 0.735. The number of carboxylic acids is 2. The summed E-state index contributed by atoms with van der Waals surface area (Å²) in [6, 6.07) is 4.36. The van der Waals surface area contributed by atoms with Crippen LogP contribution in [-0.2, 0) is 16.1 Å². The largest absolute Gasteiger partial charge is 0.493 e. The number of para-hydroxylation sites is 1. The standard InChI is InChI=1S/C14H19NO6/c1-20-11-5-3-4-9(13(11)21-2)8-15-10(14(18)19)6-7-12(16)17/h3-5,10,15H,6-8H2,1-2H3,(H,16,17)(H,18,19). The highest BCUT2D eigenvalue weighted by atomic mass is 16.5. The van der Waals surface area contributed by atoms with E-state index in [2.05, 4.69) is 5.32 Å². The van der Waals surface area contributed by atoms with E-state index in [0.717, 1.165) is 5.56 Å². The molecule has 0 saturated carbocycles. The van der Waals surface area contributed by atoms with Gasteiger partial charge in [-0.2, -0.15) is 0 Å². The van der Waals surface area contributed by atoms with Crippen LogP contribution in [0.3, 0.4) is 0 Å². The first-order chi connectivity index (χ1) is 9.99. The van der Waals surface area contributed by atoms with Gasteiger partial charge in [0, 0.05) is 18.5 Å². The maximum absolute atomic E-state index is 11.1. The van der Waals surface area contributed by atoms with E-state index in [0.29, 0.717) is 11.5 Å². The van der Waals surface area contributed by atoms with E-state index in [1.165, 1.54) is 14.2 Å². The summed E-state index contributed by atoms with van der Waals surface area (Å²) in [5.74, 6) is -1.04. The average molecular weight is 297 g/mol. The van der Waals surface area contributed by atoms with Crippen LogP contribution in [0.5, 0.6) is 11.5 Å². The molecule has 0 spiro atoms. The SMILES string of the molecule is COc1cccc(CNC(CCC(=O)O)C(=O)O)c1OC. The van der Waals surface area contributed by atoms with Gasteiger partial charge in [-0.05, 0) is 12.5 Å². The van der Waals surface area contributed by atoms with E-state index in [1.807, 2.05) is 0 Å². The van der Waals surface area contributed by atoms with Crippen molar-refractivity contribution in [2.75, 3.05) is 14.2 Å². The van der Waals surface area contributed by atoms with Gasteiger partial charge < -0.3 is 25.0 Å². The van der Waals surface area contributed by atoms with Gasteiger partial charge in [0.2, 0.25) is 0 Å². The van der Waals surface area contributed by atoms with E-state index >= 15 is 0 Å². The number of aliphatic carboxylic acids is 2. The van der Waals surface area contributed by atoms with Crippen molar-refractivity contribution in [2.45, 2.75) is 25.4 Å². The van der Waals surface area contributed by atoms with Crippen LogP contribution >= 0.6 is 0 Å². The first kappa shape index (κ1) is 16.8. The molecule has 0 heterocycles. The fourth-order valence-electron chi connectivity index (χ4n) is 1.91. The fourth-order valence-corrected chi connectivity index (χ4v) is 1.91. The second-order valence-electron chi connectivity index (χ2n) is 4.36. The van der Waals surface area contributed by atoms with Crippen LogP contribution in [0.1, 0.15) is 18.4 Å². The number of nitrogens with one attached hydrogen (secondary N) is 1. The summed E-state index contributed by atoms with van der Waals surface area (Å²) in [4.78, 5) is 21.6. The smallest absolute Gasteiger partial charge is 0.320 e. The van der Waals surface area contributed by atoms with Gasteiger partial charge in [-0.1, -0.05) is 12.1 Å². The molecule has 21 heavy (non-hydrogen) atoms. The Balaban J connectivity index is 2.75. The topological polar surface area (TPSA) is 105 Å². The summed E-state index contributed by atoms with van der Waals surface area (Å²) in [5, 5.41) is 20.5. The zero-order valence-electron chi connectivity index (χ0n) is 12.0. The van der Waals surface area contributed by atoms with Crippen LogP contribution in [0.25, 0.3) is 0 Å². The Morgan fingerprint density at radius 2 is 1.95 bits per heavy atom. The van der Waals surface area contributed by atoms with E-state index in [4.69, 9.17) is 19.7 Å². The highest BCUT2D eigenvalue weighted by molar-refractivity contribution is 5.75. The molecule has 0 aromatic heterocycles. The molecule has 0 aliphatic heterocycles. The second kappa shape index (κ2) is 8.11. The Bertz CT molecular complexity index is 502. The molecule has 7 nitrogen and oxygen atoms in total. The van der Waals surface area contributed by atoms with Gasteiger partial charge in [0.1, 0.15) is 6.04 Å². The second-order valence-corrected chi connectivity index (χ2v) is 4.36. The molecule has 1 rings (SSSR count). The van der Waals surface area contributed by atoms with Crippen LogP contribution in [-0.4, -0.2) is 42.4 Å². The van der Waals surface area contributed by atoms with Gasteiger partial charge in [-0.15, -0.1) is 0 Å². The molecule has 7 heteroatoms. The highest BCUT2D eigenvalue weighted by Gasteiger charge is 2.19. The molecule has 0 radical (unpaired) electrons. The predicted octanol–water partition coefficient (Wildman–Crippen LogP) is 1.11. The van der Waals surface area contributed by atoms with Crippen molar-refractivity contribution in [1.82, 2.24) is 5.32 Å². The number of benzene rings is 1. The third-order valence-electron chi connectivity index (χ3n) is 2.97. The molecule has 3 N–H and O–H groups in total. The number of rotatable bonds is 9. The van der Waals surface area contributed by atoms with Gasteiger partial charge >= 0.3 is 11.9 Å². The molecule has 0 aliphatic carbocycles. The number of carbonyl (C=O) groups is 2. The molecule has 1 unspecified atom stereocenters. The van der Waals surface area contributed by atoms with Crippen molar-refractivity contribution in [3.05, 3.63) is 23.8 Å². The molecule has 116 valence electrons. The summed E-state index contributed by atoms with van der Waals surface area (Å²) in [6.07, 6.45) is -0.198. The minimum atomic E-state index is -1.09. The summed E-state index contributed by atoms with van der Waals surface area (Å²) in [7, 11) is 3.02. The Hall–Kier alpha value is -2.28. The summed E-state index contributed by atoms with van der Waals surface area (Å²) >= 11 is 0. The lowest BCUT2D eigenvalue weighted by Gasteiger charge is -2.16. The van der Waals surface area contributed by atoms with E-state index in [9.17, 15) is 9.59 Å². The van der Waals surface area contributed by atoms with Crippen molar-refractivity contribution < 1.29 is 29.3 Å². The number of carboxylic acid groups (broad SMARTS) is 2. The van der Waals surface area contributed by atoms with Crippen molar-refractivity contribution in [1.29, 1.82) is 0 Å². The highest BCUT2D eigenvalue weighted by Crippen LogP contribution is 2.30. The Kier molecular flexibility index (Phi) is 6.48. The Morgan fingerprint density at radius 3 is 2.48 bits per heavy atom. The van der Waals surface area contributed by atoms with Crippen LogP contribution in [0.2, 0.25) is 0 Å². The minimum Gasteiger partial charge on any atom is -0.493 e. The van der Waals surface area contributed by atoms with E-state index in [-0.39, 0.29) is 19.4 Å². The Labute approximate surface area is 122 Å². The van der Waals surface area contributed by atoms with Gasteiger partial charge in [0.25, 0.3) is 0 Å². The van der Waals surface area contributed by atoms with Crippen LogP contribution in [0.4, 0.5) is 0 Å². The quantitative estimate of drug-likeness (QED) is 0.627. The monoisotopic (exact) mass is 297 g/mol. The zero-order valence-corrected chi connectivity index (χ0v) is 12.0. The van der Waals surface area contributed by atoms with Gasteiger partial charge in [0.05, 0.1) is 14.2 Å². The molecule has 1 aromatic rings. The number of methoxy groups -OCH3 is 2. The molecule has 1 atom stereocenters. The van der Waals surface area contributed by atoms with E-state index in [1.54, 1.807) is 18.2 Å². The summed E-state index contributed by atoms with van der Waals surface area (Å²) in [6.45, 7) is 0.233. The lowest BCUT2D eigenvalue weighted by molar-refractivity contribution is -0.140. The third kappa shape index (κ3) is 4.96. The molecule has 0 amide bonds. The molecule has 0 fully saturated rings. The first-order valence-electron chi connectivity index (χ1n) is 6.37.